The number of aliphatic hydroxyl groups is 1. The van der Waals surface area contributed by atoms with Crippen LogP contribution in [-0.4, -0.2) is 80.2 Å². The fourth-order valence-electron chi connectivity index (χ4n) is 4.35. The van der Waals surface area contributed by atoms with Crippen molar-refractivity contribution in [2.75, 3.05) is 53.6 Å². The summed E-state index contributed by atoms with van der Waals surface area (Å²) in [6.07, 6.45) is 0. The average Bonchev–Trinajstić information content (AvgIpc) is 3.13. The van der Waals surface area contributed by atoms with Crippen molar-refractivity contribution in [3.8, 4) is 23.0 Å². The molecule has 0 saturated carbocycles. The molecule has 2 aliphatic heterocycles. The highest BCUT2D eigenvalue weighted by atomic mass is 16.6. The molecule has 2 heterocycles. The van der Waals surface area contributed by atoms with Crippen LogP contribution in [0.3, 0.4) is 0 Å². The van der Waals surface area contributed by atoms with E-state index >= 15 is 0 Å². The maximum Gasteiger partial charge on any atom is 0.295 e. The van der Waals surface area contributed by atoms with Gasteiger partial charge in [-0.05, 0) is 63.8 Å². The monoisotopic (exact) mass is 496 g/mol. The third-order valence-electron chi connectivity index (χ3n) is 6.03. The number of fused-ring (bicyclic) bond motifs is 1. The van der Waals surface area contributed by atoms with E-state index in [9.17, 15) is 14.7 Å². The number of hydrogen-bond acceptors (Lipinski definition) is 8. The standard InChI is InChI=1S/C27H32N2O7/c1-5-33-19-9-7-17(15-21(19)34-6-2)24-23(26(31)27(32)29(24)12-11-28(3)4)25(30)18-8-10-20-22(16-18)36-14-13-35-20/h7-10,15-16,24,30H,5-6,11-14H2,1-4H3/b25-23+/t24-/m1/s1. The van der Waals surface area contributed by atoms with E-state index < -0.39 is 17.7 Å². The number of likely N-dealkylation sites (tertiary alicyclic amines) is 1. The molecule has 9 nitrogen and oxygen atoms in total. The van der Waals surface area contributed by atoms with Crippen LogP contribution in [0.1, 0.15) is 31.0 Å². The molecule has 1 saturated heterocycles. The minimum atomic E-state index is -0.798. The summed E-state index contributed by atoms with van der Waals surface area (Å²) in [5, 5.41) is 11.4. The summed E-state index contributed by atoms with van der Waals surface area (Å²) >= 11 is 0. The normalized spacial score (nSPS) is 18.6. The summed E-state index contributed by atoms with van der Waals surface area (Å²) < 4.78 is 22.7. The fraction of sp³-hybridized carbons (Fsp3) is 0.407. The van der Waals surface area contributed by atoms with E-state index in [1.54, 1.807) is 36.4 Å². The van der Waals surface area contributed by atoms with Crippen LogP contribution in [0, 0.1) is 0 Å². The van der Waals surface area contributed by atoms with Gasteiger partial charge in [0, 0.05) is 18.7 Å². The van der Waals surface area contributed by atoms with Gasteiger partial charge in [-0.25, -0.2) is 0 Å². The van der Waals surface area contributed by atoms with Gasteiger partial charge in [-0.3, -0.25) is 9.59 Å². The van der Waals surface area contributed by atoms with Crippen molar-refractivity contribution in [2.24, 2.45) is 0 Å². The molecule has 0 aromatic heterocycles. The Labute approximate surface area is 210 Å². The summed E-state index contributed by atoms with van der Waals surface area (Å²) in [5.41, 5.74) is 1.02. The van der Waals surface area contributed by atoms with Gasteiger partial charge in [0.1, 0.15) is 19.0 Å². The van der Waals surface area contributed by atoms with E-state index in [2.05, 4.69) is 0 Å². The smallest absolute Gasteiger partial charge is 0.295 e. The topological polar surface area (TPSA) is 97.8 Å². The number of Topliss-reactive ketones (excluding diaryl/α,β-unsaturated/α-hetero) is 1. The molecule has 4 rings (SSSR count). The van der Waals surface area contributed by atoms with Gasteiger partial charge in [0.05, 0.1) is 24.8 Å². The molecule has 9 heteroatoms. The van der Waals surface area contributed by atoms with Crippen LogP contribution in [0.5, 0.6) is 23.0 Å². The Bertz CT molecular complexity index is 1170. The van der Waals surface area contributed by atoms with Gasteiger partial charge < -0.3 is 33.9 Å². The number of hydrogen-bond donors (Lipinski definition) is 1. The average molecular weight is 497 g/mol. The third-order valence-corrected chi connectivity index (χ3v) is 6.03. The first-order chi connectivity index (χ1) is 17.3. The van der Waals surface area contributed by atoms with Gasteiger partial charge in [-0.15, -0.1) is 0 Å². The van der Waals surface area contributed by atoms with Crippen LogP contribution in [0.4, 0.5) is 0 Å². The van der Waals surface area contributed by atoms with E-state index in [-0.39, 0.29) is 11.3 Å². The Kier molecular flexibility index (Phi) is 7.69. The molecule has 0 radical (unpaired) electrons. The summed E-state index contributed by atoms with van der Waals surface area (Å²) in [4.78, 5) is 29.9. The number of ketones is 1. The second kappa shape index (κ2) is 10.9. The first kappa shape index (κ1) is 25.4. The number of ether oxygens (including phenoxy) is 4. The van der Waals surface area contributed by atoms with Crippen LogP contribution >= 0.6 is 0 Å². The molecule has 0 unspecified atom stereocenters. The van der Waals surface area contributed by atoms with Crippen molar-refractivity contribution in [3.63, 3.8) is 0 Å². The molecule has 2 aromatic rings. The molecule has 1 fully saturated rings. The Hall–Kier alpha value is -3.72. The van der Waals surface area contributed by atoms with E-state index in [1.807, 2.05) is 32.8 Å². The SMILES string of the molecule is CCOc1ccc([C@@H]2/C(=C(\O)c3ccc4c(c3)OCCO4)C(=O)C(=O)N2CCN(C)C)cc1OCC. The number of carbonyl (C=O) groups excluding carboxylic acids is 2. The van der Waals surface area contributed by atoms with Crippen molar-refractivity contribution in [1.29, 1.82) is 0 Å². The Morgan fingerprint density at radius 1 is 1.00 bits per heavy atom. The molecule has 1 atom stereocenters. The molecule has 0 spiro atoms. The Balaban J connectivity index is 1.84. The molecule has 36 heavy (non-hydrogen) atoms. The van der Waals surface area contributed by atoms with Crippen molar-refractivity contribution in [3.05, 3.63) is 53.1 Å². The van der Waals surface area contributed by atoms with Gasteiger partial charge in [-0.2, -0.15) is 0 Å². The van der Waals surface area contributed by atoms with Gasteiger partial charge in [0.25, 0.3) is 11.7 Å². The van der Waals surface area contributed by atoms with Crippen LogP contribution in [0.15, 0.2) is 42.0 Å². The number of amides is 1. The van der Waals surface area contributed by atoms with Crippen LogP contribution in [0.2, 0.25) is 0 Å². The predicted molar refractivity (Wildman–Crippen MR) is 134 cm³/mol. The molecule has 0 aliphatic carbocycles. The highest BCUT2D eigenvalue weighted by Gasteiger charge is 2.46. The minimum absolute atomic E-state index is 0.0158. The summed E-state index contributed by atoms with van der Waals surface area (Å²) in [5.74, 6) is 0.451. The number of carbonyl (C=O) groups is 2. The molecule has 1 N–H and O–H groups in total. The van der Waals surface area contributed by atoms with Crippen LogP contribution in [0.25, 0.3) is 5.76 Å². The van der Waals surface area contributed by atoms with Gasteiger partial charge in [0.2, 0.25) is 0 Å². The van der Waals surface area contributed by atoms with Gasteiger partial charge >= 0.3 is 0 Å². The summed E-state index contributed by atoms with van der Waals surface area (Å²) in [7, 11) is 3.79. The first-order valence-electron chi connectivity index (χ1n) is 12.1. The zero-order valence-corrected chi connectivity index (χ0v) is 21.1. The van der Waals surface area contributed by atoms with Crippen molar-refractivity contribution >= 4 is 17.4 Å². The van der Waals surface area contributed by atoms with E-state index in [4.69, 9.17) is 18.9 Å². The molecule has 2 aromatic carbocycles. The lowest BCUT2D eigenvalue weighted by Crippen LogP contribution is -2.35. The van der Waals surface area contributed by atoms with Crippen molar-refractivity contribution < 1.29 is 33.6 Å². The lowest BCUT2D eigenvalue weighted by Gasteiger charge is -2.27. The van der Waals surface area contributed by atoms with E-state index in [0.29, 0.717) is 73.6 Å². The fourth-order valence-corrected chi connectivity index (χ4v) is 4.35. The summed E-state index contributed by atoms with van der Waals surface area (Å²) in [6, 6.07) is 9.49. The largest absolute Gasteiger partial charge is 0.507 e. The molecular formula is C27H32N2O7. The third kappa shape index (κ3) is 4.97. The van der Waals surface area contributed by atoms with Crippen molar-refractivity contribution in [2.45, 2.75) is 19.9 Å². The highest BCUT2D eigenvalue weighted by Crippen LogP contribution is 2.43. The second-order valence-electron chi connectivity index (χ2n) is 8.73. The number of likely N-dealkylation sites (N-methyl/N-ethyl adjacent to an activating group) is 1. The molecule has 192 valence electrons. The quantitative estimate of drug-likeness (QED) is 0.321. The van der Waals surface area contributed by atoms with Gasteiger partial charge in [-0.1, -0.05) is 6.07 Å². The minimum Gasteiger partial charge on any atom is -0.507 e. The Morgan fingerprint density at radius 3 is 2.39 bits per heavy atom. The number of nitrogens with zero attached hydrogens (tertiary/aromatic N) is 2. The van der Waals surface area contributed by atoms with Crippen molar-refractivity contribution in [1.82, 2.24) is 9.80 Å². The number of aliphatic hydroxyl groups excluding tert-OH is 1. The molecule has 1 amide bonds. The van der Waals surface area contributed by atoms with E-state index in [0.717, 1.165) is 0 Å². The zero-order valence-electron chi connectivity index (χ0n) is 21.1. The second-order valence-corrected chi connectivity index (χ2v) is 8.73. The maximum absolute atomic E-state index is 13.3. The molecule has 2 aliphatic rings. The van der Waals surface area contributed by atoms with Gasteiger partial charge in [0.15, 0.2) is 23.0 Å². The predicted octanol–water partition coefficient (Wildman–Crippen LogP) is 3.24. The number of rotatable bonds is 9. The molecular weight excluding hydrogens is 464 g/mol. The Morgan fingerprint density at radius 2 is 1.69 bits per heavy atom. The molecule has 0 bridgehead atoms. The number of benzene rings is 2. The summed E-state index contributed by atoms with van der Waals surface area (Å²) in [6.45, 7) is 6.31. The first-order valence-corrected chi connectivity index (χ1v) is 12.1. The van der Waals surface area contributed by atoms with Crippen LogP contribution < -0.4 is 18.9 Å². The lowest BCUT2D eigenvalue weighted by atomic mass is 9.94. The maximum atomic E-state index is 13.3. The highest BCUT2D eigenvalue weighted by molar-refractivity contribution is 6.46. The van der Waals surface area contributed by atoms with E-state index in [1.165, 1.54) is 4.90 Å². The lowest BCUT2D eigenvalue weighted by molar-refractivity contribution is -0.140. The zero-order chi connectivity index (χ0) is 25.8. The van der Waals surface area contributed by atoms with Crippen LogP contribution in [-0.2, 0) is 9.59 Å².